The molecule has 2 aromatic rings. The highest BCUT2D eigenvalue weighted by Crippen LogP contribution is 2.34. The quantitative estimate of drug-likeness (QED) is 0.283. The van der Waals surface area contributed by atoms with Gasteiger partial charge in [-0.1, -0.05) is 6.07 Å². The second-order valence-corrected chi connectivity index (χ2v) is 9.87. The van der Waals surface area contributed by atoms with Crippen molar-refractivity contribution in [2.75, 3.05) is 44.7 Å². The first-order chi connectivity index (χ1) is 18.2. The Morgan fingerprint density at radius 3 is 2.82 bits per heavy atom. The molecule has 210 valence electrons. The van der Waals surface area contributed by atoms with Gasteiger partial charge in [0.25, 0.3) is 5.91 Å². The summed E-state index contributed by atoms with van der Waals surface area (Å²) in [6.07, 6.45) is -0.0229. The maximum Gasteiger partial charge on any atom is 0.427 e. The molecule has 9 nitrogen and oxygen atoms in total. The van der Waals surface area contributed by atoms with E-state index in [0.29, 0.717) is 44.2 Å². The van der Waals surface area contributed by atoms with Crippen LogP contribution in [0.3, 0.4) is 0 Å². The molecule has 1 aliphatic heterocycles. The van der Waals surface area contributed by atoms with Crippen LogP contribution >= 0.6 is 11.3 Å². The number of carbonyl (C=O) groups is 2. The monoisotopic (exact) mass is 557 g/mol. The van der Waals surface area contributed by atoms with Crippen molar-refractivity contribution in [3.05, 3.63) is 39.5 Å². The van der Waals surface area contributed by atoms with Crippen molar-refractivity contribution in [1.29, 1.82) is 0 Å². The van der Waals surface area contributed by atoms with Gasteiger partial charge < -0.3 is 25.4 Å². The van der Waals surface area contributed by atoms with Gasteiger partial charge in [0.2, 0.25) is 0 Å². The highest BCUT2D eigenvalue weighted by atomic mass is 32.1. The standard InChI is InChI=1S/C25H34F3N5O4S/c1-2-37-15-14-33(12-4-3-7-18-9-8-17-6-5-11-29-22(17)31-18)13-10-19(24(35)36)32-23(34)20-21(25(26,27)28)38-16-30-20/h8-9,16,19H,2-7,10-15H2,1H3,(H,29,31)(H,32,34)(H,35,36)/t19-/m0/s1. The lowest BCUT2D eigenvalue weighted by Crippen LogP contribution is -2.44. The number of fused-ring (bicyclic) bond motifs is 1. The molecule has 1 atom stereocenters. The zero-order chi connectivity index (χ0) is 27.5. The van der Waals surface area contributed by atoms with Gasteiger partial charge in [0, 0.05) is 31.9 Å². The molecule has 3 heterocycles. The highest BCUT2D eigenvalue weighted by molar-refractivity contribution is 7.10. The van der Waals surface area contributed by atoms with Crippen LogP contribution in [0, 0.1) is 0 Å². The summed E-state index contributed by atoms with van der Waals surface area (Å²) in [5.41, 5.74) is 2.37. The molecule has 0 unspecified atom stereocenters. The zero-order valence-electron chi connectivity index (χ0n) is 21.4. The summed E-state index contributed by atoms with van der Waals surface area (Å²) in [7, 11) is 0. The number of alkyl halides is 3. The molecule has 0 saturated carbocycles. The topological polar surface area (TPSA) is 117 Å². The van der Waals surface area contributed by atoms with Gasteiger partial charge in [-0.15, -0.1) is 11.3 Å². The number of carbonyl (C=O) groups excluding carboxylic acids is 1. The molecule has 1 aliphatic rings. The Labute approximate surface area is 223 Å². The number of aryl methyl sites for hydroxylation is 2. The van der Waals surface area contributed by atoms with Crippen molar-refractivity contribution in [3.8, 4) is 0 Å². The summed E-state index contributed by atoms with van der Waals surface area (Å²) in [4.78, 5) is 33.3. The predicted octanol–water partition coefficient (Wildman–Crippen LogP) is 3.85. The van der Waals surface area contributed by atoms with E-state index >= 15 is 0 Å². The third-order valence-corrected chi connectivity index (χ3v) is 7.11. The van der Waals surface area contributed by atoms with E-state index in [4.69, 9.17) is 9.72 Å². The van der Waals surface area contributed by atoms with E-state index in [1.165, 1.54) is 5.56 Å². The number of ether oxygens (including phenoxy) is 1. The number of carboxylic acids is 1. The summed E-state index contributed by atoms with van der Waals surface area (Å²) in [5, 5.41) is 15.1. The summed E-state index contributed by atoms with van der Waals surface area (Å²) < 4.78 is 44.8. The van der Waals surface area contributed by atoms with Gasteiger partial charge in [0.15, 0.2) is 5.69 Å². The number of unbranched alkanes of at least 4 members (excludes halogenated alkanes) is 1. The molecular weight excluding hydrogens is 523 g/mol. The largest absolute Gasteiger partial charge is 0.480 e. The number of halogens is 3. The minimum atomic E-state index is -4.74. The number of rotatable bonds is 15. The molecule has 38 heavy (non-hydrogen) atoms. The molecule has 3 rings (SSSR count). The molecule has 0 spiro atoms. The van der Waals surface area contributed by atoms with Crippen LogP contribution in [0.25, 0.3) is 0 Å². The highest BCUT2D eigenvalue weighted by Gasteiger charge is 2.38. The zero-order valence-corrected chi connectivity index (χ0v) is 22.2. The lowest BCUT2D eigenvalue weighted by Gasteiger charge is -2.24. The first kappa shape index (κ1) is 29.8. The Balaban J connectivity index is 1.52. The average molecular weight is 558 g/mol. The van der Waals surface area contributed by atoms with Crippen molar-refractivity contribution in [1.82, 2.24) is 20.2 Å². The number of hydrogen-bond donors (Lipinski definition) is 3. The lowest BCUT2D eigenvalue weighted by atomic mass is 10.1. The summed E-state index contributed by atoms with van der Waals surface area (Å²) in [6.45, 7) is 5.41. The molecule has 0 aliphatic carbocycles. The average Bonchev–Trinajstić information content (AvgIpc) is 3.39. The number of carboxylic acid groups (broad SMARTS) is 1. The Morgan fingerprint density at radius 1 is 1.26 bits per heavy atom. The first-order valence-electron chi connectivity index (χ1n) is 12.8. The third-order valence-electron chi connectivity index (χ3n) is 6.24. The van der Waals surface area contributed by atoms with Crippen molar-refractivity contribution < 1.29 is 32.6 Å². The summed E-state index contributed by atoms with van der Waals surface area (Å²) >= 11 is 0.291. The van der Waals surface area contributed by atoms with E-state index < -0.39 is 34.7 Å². The van der Waals surface area contributed by atoms with Crippen LogP contribution in [0.5, 0.6) is 0 Å². The number of nitrogens with one attached hydrogen (secondary N) is 2. The maximum absolute atomic E-state index is 13.1. The van der Waals surface area contributed by atoms with Crippen LogP contribution in [0.4, 0.5) is 19.0 Å². The molecule has 3 N–H and O–H groups in total. The molecular formula is C25H34F3N5O4S. The van der Waals surface area contributed by atoms with E-state index in [2.05, 4.69) is 27.8 Å². The van der Waals surface area contributed by atoms with Crippen molar-refractivity contribution in [2.24, 2.45) is 0 Å². The van der Waals surface area contributed by atoms with Crippen LogP contribution in [-0.4, -0.2) is 77.3 Å². The minimum absolute atomic E-state index is 0.0245. The number of amides is 1. The Hall–Kier alpha value is -2.77. The van der Waals surface area contributed by atoms with E-state index in [1.807, 2.05) is 11.8 Å². The normalized spacial score (nSPS) is 14.1. The molecule has 13 heteroatoms. The summed E-state index contributed by atoms with van der Waals surface area (Å²) in [5.74, 6) is -1.51. The van der Waals surface area contributed by atoms with Crippen molar-refractivity contribution in [2.45, 2.75) is 57.7 Å². The predicted molar refractivity (Wildman–Crippen MR) is 138 cm³/mol. The van der Waals surface area contributed by atoms with Gasteiger partial charge >= 0.3 is 12.1 Å². The molecule has 0 bridgehead atoms. The van der Waals surface area contributed by atoms with Crippen LogP contribution < -0.4 is 10.6 Å². The van der Waals surface area contributed by atoms with E-state index in [-0.39, 0.29) is 6.42 Å². The molecule has 1 amide bonds. The van der Waals surface area contributed by atoms with E-state index in [0.717, 1.165) is 55.7 Å². The SMILES string of the molecule is CCOCCN(CCCCc1ccc2c(n1)NCCC2)CC[C@H](NC(=O)c1ncsc1C(F)(F)F)C(=O)O. The maximum atomic E-state index is 13.1. The number of aliphatic carboxylic acids is 1. The fourth-order valence-corrected chi connectivity index (χ4v) is 4.88. The molecule has 0 aromatic carbocycles. The number of nitrogens with zero attached hydrogens (tertiary/aromatic N) is 3. The Kier molecular flexibility index (Phi) is 11.3. The van der Waals surface area contributed by atoms with Crippen LogP contribution in [0.15, 0.2) is 17.6 Å². The van der Waals surface area contributed by atoms with Crippen LogP contribution in [-0.2, 0) is 28.5 Å². The number of pyridine rings is 1. The van der Waals surface area contributed by atoms with Crippen LogP contribution in [0.2, 0.25) is 0 Å². The summed E-state index contributed by atoms with van der Waals surface area (Å²) in [6, 6.07) is 2.83. The molecule has 2 aromatic heterocycles. The first-order valence-corrected chi connectivity index (χ1v) is 13.6. The van der Waals surface area contributed by atoms with Gasteiger partial charge in [-0.2, -0.15) is 13.2 Å². The van der Waals surface area contributed by atoms with E-state index in [1.54, 1.807) is 0 Å². The molecule has 0 radical (unpaired) electrons. The number of aromatic nitrogens is 2. The van der Waals surface area contributed by atoms with Gasteiger partial charge in [-0.25, -0.2) is 14.8 Å². The number of thiazole rings is 1. The van der Waals surface area contributed by atoms with Gasteiger partial charge in [0.05, 0.1) is 12.1 Å². The van der Waals surface area contributed by atoms with Gasteiger partial charge in [0.1, 0.15) is 16.7 Å². The van der Waals surface area contributed by atoms with E-state index in [9.17, 15) is 27.9 Å². The molecule has 0 fully saturated rings. The second kappa shape index (κ2) is 14.4. The number of anilines is 1. The lowest BCUT2D eigenvalue weighted by molar-refractivity contribution is -0.139. The Bertz CT molecular complexity index is 1070. The van der Waals surface area contributed by atoms with Gasteiger partial charge in [-0.05, 0) is 63.6 Å². The third kappa shape index (κ3) is 8.91. The van der Waals surface area contributed by atoms with Crippen molar-refractivity contribution in [3.63, 3.8) is 0 Å². The minimum Gasteiger partial charge on any atom is -0.480 e. The Morgan fingerprint density at radius 2 is 2.08 bits per heavy atom. The van der Waals surface area contributed by atoms with Gasteiger partial charge in [-0.3, -0.25) is 4.79 Å². The molecule has 0 saturated heterocycles. The number of hydrogen-bond acceptors (Lipinski definition) is 8. The fraction of sp³-hybridized carbons (Fsp3) is 0.600. The fourth-order valence-electron chi connectivity index (χ4n) is 4.23. The van der Waals surface area contributed by atoms with Crippen LogP contribution in [0.1, 0.15) is 59.2 Å². The smallest absolute Gasteiger partial charge is 0.427 e. The van der Waals surface area contributed by atoms with Crippen molar-refractivity contribution >= 4 is 29.0 Å². The second-order valence-electron chi connectivity index (χ2n) is 9.02.